The van der Waals surface area contributed by atoms with E-state index in [0.717, 1.165) is 42.8 Å². The van der Waals surface area contributed by atoms with Crippen molar-refractivity contribution >= 4 is 21.6 Å². The quantitative estimate of drug-likeness (QED) is 0.911. The molecule has 1 aromatic carbocycles. The molecule has 4 heteroatoms. The molecule has 0 aliphatic carbocycles. The lowest BCUT2D eigenvalue weighted by Gasteiger charge is -2.23. The third-order valence-electron chi connectivity index (χ3n) is 3.02. The van der Waals surface area contributed by atoms with Crippen LogP contribution in [0.3, 0.4) is 0 Å². The Labute approximate surface area is 111 Å². The first-order valence-electron chi connectivity index (χ1n) is 5.98. The maximum atomic E-state index is 9.59. The van der Waals surface area contributed by atoms with Crippen LogP contribution in [0.15, 0.2) is 22.7 Å². The second kappa shape index (κ2) is 5.85. The molecule has 2 rings (SSSR count). The van der Waals surface area contributed by atoms with E-state index in [4.69, 9.17) is 4.74 Å². The van der Waals surface area contributed by atoms with E-state index in [1.54, 1.807) is 6.92 Å². The highest BCUT2D eigenvalue weighted by atomic mass is 79.9. The van der Waals surface area contributed by atoms with Gasteiger partial charge in [-0.25, -0.2) is 0 Å². The second-order valence-electron chi connectivity index (χ2n) is 4.33. The van der Waals surface area contributed by atoms with Crippen molar-refractivity contribution in [2.75, 3.05) is 31.2 Å². The number of halogens is 1. The summed E-state index contributed by atoms with van der Waals surface area (Å²) in [4.78, 5) is 2.32. The third-order valence-corrected chi connectivity index (χ3v) is 3.71. The van der Waals surface area contributed by atoms with Gasteiger partial charge >= 0.3 is 0 Å². The van der Waals surface area contributed by atoms with Crippen molar-refractivity contribution in [1.82, 2.24) is 0 Å². The summed E-state index contributed by atoms with van der Waals surface area (Å²) in [5.74, 6) is 0. The molecular formula is C13H18BrNO2. The van der Waals surface area contributed by atoms with Gasteiger partial charge in [-0.05, 0) is 31.0 Å². The molecule has 0 saturated carbocycles. The lowest BCUT2D eigenvalue weighted by Crippen LogP contribution is -2.25. The van der Waals surface area contributed by atoms with Crippen molar-refractivity contribution in [2.24, 2.45) is 0 Å². The molecule has 1 heterocycles. The standard InChI is InChI=1S/C13H18BrNO2/c1-10(16)12-4-3-11(9-13(12)14)15-5-2-7-17-8-6-15/h3-4,9-10,16H,2,5-8H2,1H3/t10-/m0/s1. The zero-order valence-corrected chi connectivity index (χ0v) is 11.6. The Hall–Kier alpha value is -0.580. The maximum absolute atomic E-state index is 9.59. The summed E-state index contributed by atoms with van der Waals surface area (Å²) < 4.78 is 6.41. The van der Waals surface area contributed by atoms with E-state index in [2.05, 4.69) is 33.0 Å². The van der Waals surface area contributed by atoms with E-state index in [0.29, 0.717) is 0 Å². The van der Waals surface area contributed by atoms with Crippen LogP contribution in [0.1, 0.15) is 25.0 Å². The Kier molecular flexibility index (Phi) is 4.42. The minimum atomic E-state index is -0.439. The molecule has 0 aromatic heterocycles. The van der Waals surface area contributed by atoms with E-state index in [1.807, 2.05) is 6.07 Å². The highest BCUT2D eigenvalue weighted by molar-refractivity contribution is 9.10. The van der Waals surface area contributed by atoms with Gasteiger partial charge in [0, 0.05) is 29.9 Å². The first-order valence-corrected chi connectivity index (χ1v) is 6.78. The van der Waals surface area contributed by atoms with E-state index in [1.165, 1.54) is 5.69 Å². The Bertz CT molecular complexity index is 374. The molecule has 0 bridgehead atoms. The lowest BCUT2D eigenvalue weighted by atomic mass is 10.1. The van der Waals surface area contributed by atoms with Crippen LogP contribution in [0.2, 0.25) is 0 Å². The molecule has 1 saturated heterocycles. The predicted octanol–water partition coefficient (Wildman–Crippen LogP) is 2.73. The highest BCUT2D eigenvalue weighted by Crippen LogP contribution is 2.28. The molecule has 17 heavy (non-hydrogen) atoms. The first kappa shape index (κ1) is 12.9. The van der Waals surface area contributed by atoms with Gasteiger partial charge in [0.1, 0.15) is 0 Å². The van der Waals surface area contributed by atoms with Crippen LogP contribution < -0.4 is 4.90 Å². The SMILES string of the molecule is C[C@H](O)c1ccc(N2CCCOCC2)cc1Br. The molecule has 0 spiro atoms. The van der Waals surface area contributed by atoms with Gasteiger partial charge in [0.25, 0.3) is 0 Å². The molecule has 0 amide bonds. The van der Waals surface area contributed by atoms with Gasteiger partial charge in [0.05, 0.1) is 12.7 Å². The number of hydrogen-bond acceptors (Lipinski definition) is 3. The highest BCUT2D eigenvalue weighted by Gasteiger charge is 2.12. The van der Waals surface area contributed by atoms with Crippen molar-refractivity contribution < 1.29 is 9.84 Å². The second-order valence-corrected chi connectivity index (χ2v) is 5.19. The van der Waals surface area contributed by atoms with Gasteiger partial charge < -0.3 is 14.7 Å². The fraction of sp³-hybridized carbons (Fsp3) is 0.538. The Morgan fingerprint density at radius 2 is 2.18 bits per heavy atom. The van der Waals surface area contributed by atoms with E-state index < -0.39 is 6.10 Å². The molecular weight excluding hydrogens is 282 g/mol. The monoisotopic (exact) mass is 299 g/mol. The Balaban J connectivity index is 2.18. The van der Waals surface area contributed by atoms with Crippen LogP contribution >= 0.6 is 15.9 Å². The topological polar surface area (TPSA) is 32.7 Å². The normalized spacial score (nSPS) is 18.9. The summed E-state index contributed by atoms with van der Waals surface area (Å²) in [7, 11) is 0. The largest absolute Gasteiger partial charge is 0.389 e. The predicted molar refractivity (Wildman–Crippen MR) is 72.4 cm³/mol. The Morgan fingerprint density at radius 3 is 2.88 bits per heavy atom. The molecule has 1 atom stereocenters. The van der Waals surface area contributed by atoms with Gasteiger partial charge in [0.15, 0.2) is 0 Å². The summed E-state index contributed by atoms with van der Waals surface area (Å²) >= 11 is 3.52. The Morgan fingerprint density at radius 1 is 1.35 bits per heavy atom. The minimum absolute atomic E-state index is 0.439. The summed E-state index contributed by atoms with van der Waals surface area (Å²) in [6, 6.07) is 6.13. The van der Waals surface area contributed by atoms with Crippen LogP contribution in [-0.4, -0.2) is 31.4 Å². The number of hydrogen-bond donors (Lipinski definition) is 1. The van der Waals surface area contributed by atoms with E-state index in [-0.39, 0.29) is 0 Å². The molecule has 1 aliphatic heterocycles. The average molecular weight is 300 g/mol. The van der Waals surface area contributed by atoms with E-state index in [9.17, 15) is 5.11 Å². The molecule has 1 aliphatic rings. The lowest BCUT2D eigenvalue weighted by molar-refractivity contribution is 0.152. The fourth-order valence-electron chi connectivity index (χ4n) is 2.06. The summed E-state index contributed by atoms with van der Waals surface area (Å²) in [6.45, 7) is 5.37. The van der Waals surface area contributed by atoms with Crippen LogP contribution in [0.5, 0.6) is 0 Å². The maximum Gasteiger partial charge on any atom is 0.0772 e. The van der Waals surface area contributed by atoms with Crippen molar-refractivity contribution in [1.29, 1.82) is 0 Å². The smallest absolute Gasteiger partial charge is 0.0772 e. The zero-order valence-electron chi connectivity index (χ0n) is 10.0. The van der Waals surface area contributed by atoms with Gasteiger partial charge in [0.2, 0.25) is 0 Å². The van der Waals surface area contributed by atoms with Crippen LogP contribution in [0.4, 0.5) is 5.69 Å². The number of ether oxygens (including phenoxy) is 1. The number of aliphatic hydroxyl groups excluding tert-OH is 1. The molecule has 1 N–H and O–H groups in total. The number of anilines is 1. The van der Waals surface area contributed by atoms with Crippen molar-refractivity contribution in [3.63, 3.8) is 0 Å². The molecule has 0 radical (unpaired) electrons. The van der Waals surface area contributed by atoms with Crippen molar-refractivity contribution in [2.45, 2.75) is 19.4 Å². The summed E-state index contributed by atoms with van der Waals surface area (Å²) in [5.41, 5.74) is 2.12. The first-order chi connectivity index (χ1) is 8.18. The molecule has 1 fully saturated rings. The van der Waals surface area contributed by atoms with Gasteiger partial charge in [-0.1, -0.05) is 22.0 Å². The summed E-state index contributed by atoms with van der Waals surface area (Å²) in [5, 5.41) is 9.59. The van der Waals surface area contributed by atoms with Gasteiger partial charge in [-0.2, -0.15) is 0 Å². The van der Waals surface area contributed by atoms with E-state index >= 15 is 0 Å². The van der Waals surface area contributed by atoms with Crippen molar-refractivity contribution in [3.8, 4) is 0 Å². The van der Waals surface area contributed by atoms with Gasteiger partial charge in [-0.15, -0.1) is 0 Å². The number of rotatable bonds is 2. The van der Waals surface area contributed by atoms with Crippen LogP contribution in [0.25, 0.3) is 0 Å². The number of benzene rings is 1. The minimum Gasteiger partial charge on any atom is -0.389 e. The fourth-order valence-corrected chi connectivity index (χ4v) is 2.75. The zero-order chi connectivity index (χ0) is 12.3. The number of nitrogens with zero attached hydrogens (tertiary/aromatic N) is 1. The van der Waals surface area contributed by atoms with Crippen molar-refractivity contribution in [3.05, 3.63) is 28.2 Å². The molecule has 0 unspecified atom stereocenters. The summed E-state index contributed by atoms with van der Waals surface area (Å²) in [6.07, 6.45) is 0.626. The molecule has 94 valence electrons. The molecule has 3 nitrogen and oxygen atoms in total. The van der Waals surface area contributed by atoms with Gasteiger partial charge in [-0.3, -0.25) is 0 Å². The third kappa shape index (κ3) is 3.21. The number of aliphatic hydroxyl groups is 1. The van der Waals surface area contributed by atoms with Crippen LogP contribution in [-0.2, 0) is 4.74 Å². The van der Waals surface area contributed by atoms with Crippen LogP contribution in [0, 0.1) is 0 Å². The average Bonchev–Trinajstić information content (AvgIpc) is 2.56. The molecule has 1 aromatic rings.